The summed E-state index contributed by atoms with van der Waals surface area (Å²) in [5.41, 5.74) is 0.794. The highest BCUT2D eigenvalue weighted by atomic mass is 28.4. The van der Waals surface area contributed by atoms with Crippen LogP contribution in [-0.2, 0) is 18.7 Å². The van der Waals surface area contributed by atoms with Gasteiger partial charge in [-0.15, -0.1) is 0 Å². The number of ether oxygens (including phenoxy) is 2. The summed E-state index contributed by atoms with van der Waals surface area (Å²) in [5.74, 6) is 4.13. The van der Waals surface area contributed by atoms with E-state index in [9.17, 15) is 4.79 Å². The molecule has 0 amide bonds. The quantitative estimate of drug-likeness (QED) is 0.244. The Morgan fingerprint density at radius 3 is 2.24 bits per heavy atom. The summed E-state index contributed by atoms with van der Waals surface area (Å²) in [7, 11) is 1.73. The van der Waals surface area contributed by atoms with Gasteiger partial charge in [0.1, 0.15) is 0 Å². The van der Waals surface area contributed by atoms with Crippen LogP contribution in [0.1, 0.15) is 106 Å². The van der Waals surface area contributed by atoms with Gasteiger partial charge in [0.25, 0.3) is 0 Å². The fourth-order valence-electron chi connectivity index (χ4n) is 9.73. The van der Waals surface area contributed by atoms with Crippen LogP contribution in [0.2, 0.25) is 18.1 Å². The van der Waals surface area contributed by atoms with Gasteiger partial charge in [0.2, 0.25) is 0 Å². The molecule has 0 heterocycles. The minimum absolute atomic E-state index is 0.0610. The van der Waals surface area contributed by atoms with Crippen molar-refractivity contribution in [2.75, 3.05) is 14.2 Å². The maximum Gasteiger partial charge on any atom is 0.305 e. The summed E-state index contributed by atoms with van der Waals surface area (Å²) < 4.78 is 18.3. The van der Waals surface area contributed by atoms with E-state index in [0.717, 1.165) is 18.3 Å². The molecule has 0 radical (unpaired) electrons. The van der Waals surface area contributed by atoms with Crippen molar-refractivity contribution in [2.45, 2.75) is 136 Å². The number of esters is 1. The van der Waals surface area contributed by atoms with Crippen molar-refractivity contribution < 1.29 is 18.7 Å². The van der Waals surface area contributed by atoms with Crippen LogP contribution in [-0.4, -0.2) is 40.7 Å². The average Bonchev–Trinajstić information content (AvgIpc) is 3.18. The smallest absolute Gasteiger partial charge is 0.305 e. The lowest BCUT2D eigenvalue weighted by atomic mass is 9.43. The van der Waals surface area contributed by atoms with Crippen LogP contribution in [0.3, 0.4) is 0 Å². The van der Waals surface area contributed by atoms with E-state index in [2.05, 4.69) is 54.6 Å². The number of fused-ring (bicyclic) bond motifs is 5. The Kier molecular flexibility index (Phi) is 8.43. The lowest BCUT2D eigenvalue weighted by Crippen LogP contribution is -2.59. The number of methoxy groups -OCH3 is 2. The molecule has 0 aliphatic heterocycles. The van der Waals surface area contributed by atoms with E-state index in [-0.39, 0.29) is 11.0 Å². The molecule has 4 aliphatic carbocycles. The molecule has 4 rings (SSSR count). The second-order valence-corrected chi connectivity index (χ2v) is 20.4. The predicted molar refractivity (Wildman–Crippen MR) is 154 cm³/mol. The van der Waals surface area contributed by atoms with E-state index in [4.69, 9.17) is 13.9 Å². The molecule has 4 aliphatic rings. The van der Waals surface area contributed by atoms with Gasteiger partial charge < -0.3 is 13.9 Å². The van der Waals surface area contributed by atoms with Crippen LogP contribution in [0.15, 0.2) is 0 Å². The molecular formula is C32H58O4Si. The lowest BCUT2D eigenvalue weighted by Gasteiger charge is -2.63. The molecule has 37 heavy (non-hydrogen) atoms. The lowest BCUT2D eigenvalue weighted by molar-refractivity contribution is -0.181. The van der Waals surface area contributed by atoms with Crippen LogP contribution in [0.25, 0.3) is 0 Å². The largest absolute Gasteiger partial charge is 0.469 e. The standard InChI is InChI=1S/C32H58O4Si/c1-21(11-14-28(33)35-8)24-12-13-25-29-26(16-18-32(24,25)6)31(5)17-15-23(19-22(31)20-27(29)34-7)36-37(9,10)30(2,3)4/h21-27,29H,11-20H2,1-10H3/t21-,22+,23-,24-,25+,26+,27-,29+,31+,32-/m1/s1. The summed E-state index contributed by atoms with van der Waals surface area (Å²) >= 11 is 0. The number of carbonyl (C=O) groups excluding carboxylic acids is 1. The molecule has 0 unspecified atom stereocenters. The van der Waals surface area contributed by atoms with Crippen molar-refractivity contribution in [1.82, 2.24) is 0 Å². The Balaban J connectivity index is 1.50. The van der Waals surface area contributed by atoms with E-state index in [0.29, 0.717) is 53.1 Å². The third-order valence-electron chi connectivity index (χ3n) is 13.0. The highest BCUT2D eigenvalue weighted by Crippen LogP contribution is 2.69. The summed E-state index contributed by atoms with van der Waals surface area (Å²) in [6.07, 6.45) is 12.6. The Hall–Kier alpha value is -0.393. The summed E-state index contributed by atoms with van der Waals surface area (Å²) in [4.78, 5) is 11.8. The topological polar surface area (TPSA) is 44.8 Å². The van der Waals surface area contributed by atoms with Gasteiger partial charge in [0.05, 0.1) is 13.2 Å². The van der Waals surface area contributed by atoms with E-state index in [1.807, 2.05) is 7.11 Å². The highest BCUT2D eigenvalue weighted by Gasteiger charge is 2.63. The van der Waals surface area contributed by atoms with Crippen LogP contribution in [0.4, 0.5) is 0 Å². The minimum Gasteiger partial charge on any atom is -0.469 e. The number of hydrogen-bond acceptors (Lipinski definition) is 4. The Morgan fingerprint density at radius 2 is 1.62 bits per heavy atom. The van der Waals surface area contributed by atoms with Gasteiger partial charge in [0, 0.05) is 19.6 Å². The van der Waals surface area contributed by atoms with E-state index < -0.39 is 8.32 Å². The summed E-state index contributed by atoms with van der Waals surface area (Å²) in [5, 5.41) is 0.265. The molecule has 4 fully saturated rings. The monoisotopic (exact) mass is 534 g/mol. The Morgan fingerprint density at radius 1 is 0.973 bits per heavy atom. The molecule has 0 aromatic rings. The second-order valence-electron chi connectivity index (χ2n) is 15.6. The number of carbonyl (C=O) groups is 1. The van der Waals surface area contributed by atoms with Crippen molar-refractivity contribution in [1.29, 1.82) is 0 Å². The van der Waals surface area contributed by atoms with Crippen LogP contribution in [0.5, 0.6) is 0 Å². The fraction of sp³-hybridized carbons (Fsp3) is 0.969. The summed E-state index contributed by atoms with van der Waals surface area (Å²) in [6, 6.07) is 0. The molecule has 0 aromatic carbocycles. The van der Waals surface area contributed by atoms with Gasteiger partial charge in [-0.1, -0.05) is 41.5 Å². The first-order valence-electron chi connectivity index (χ1n) is 15.5. The van der Waals surface area contributed by atoms with Gasteiger partial charge in [0.15, 0.2) is 8.32 Å². The summed E-state index contributed by atoms with van der Waals surface area (Å²) in [6.45, 7) is 19.6. The zero-order valence-corrected chi connectivity index (χ0v) is 26.8. The van der Waals surface area contributed by atoms with Gasteiger partial charge in [-0.25, -0.2) is 0 Å². The van der Waals surface area contributed by atoms with Crippen LogP contribution in [0, 0.1) is 46.3 Å². The van der Waals surface area contributed by atoms with Gasteiger partial charge >= 0.3 is 5.97 Å². The van der Waals surface area contributed by atoms with Crippen molar-refractivity contribution in [3.63, 3.8) is 0 Å². The fourth-order valence-corrected chi connectivity index (χ4v) is 11.1. The molecule has 0 bridgehead atoms. The number of rotatable bonds is 7. The first-order chi connectivity index (χ1) is 17.2. The second kappa shape index (κ2) is 10.5. The first-order valence-corrected chi connectivity index (χ1v) is 18.4. The van der Waals surface area contributed by atoms with Crippen LogP contribution >= 0.6 is 0 Å². The zero-order valence-electron chi connectivity index (χ0n) is 25.8. The molecule has 5 heteroatoms. The molecule has 0 aromatic heterocycles. The third kappa shape index (κ3) is 5.24. The SMILES string of the molecule is COC(=O)CC[C@@H](C)[C@H]1CC[C@H]2[C@@H]3[C@H](OC)C[C@@H]4C[C@H](O[Si](C)(C)C(C)(C)C)CC[C@]4(C)[C@H]3CC[C@]12C. The highest BCUT2D eigenvalue weighted by molar-refractivity contribution is 6.74. The number of hydrogen-bond donors (Lipinski definition) is 0. The van der Waals surface area contributed by atoms with Gasteiger partial charge in [-0.3, -0.25) is 4.79 Å². The third-order valence-corrected chi connectivity index (χ3v) is 17.5. The van der Waals surface area contributed by atoms with E-state index in [1.165, 1.54) is 58.5 Å². The molecule has 0 N–H and O–H groups in total. The maximum absolute atomic E-state index is 11.8. The van der Waals surface area contributed by atoms with Gasteiger partial charge in [-0.2, -0.15) is 0 Å². The molecule has 4 saturated carbocycles. The minimum atomic E-state index is -1.76. The first kappa shape index (κ1) is 29.6. The molecule has 214 valence electrons. The zero-order chi connectivity index (χ0) is 27.4. The maximum atomic E-state index is 11.8. The molecule has 0 saturated heterocycles. The van der Waals surface area contributed by atoms with Crippen molar-refractivity contribution in [3.8, 4) is 0 Å². The molecule has 10 atom stereocenters. The van der Waals surface area contributed by atoms with Gasteiger partial charge in [-0.05, 0) is 122 Å². The van der Waals surface area contributed by atoms with Crippen molar-refractivity contribution in [3.05, 3.63) is 0 Å². The average molecular weight is 535 g/mol. The molecule has 0 spiro atoms. The van der Waals surface area contributed by atoms with Crippen molar-refractivity contribution >= 4 is 14.3 Å². The predicted octanol–water partition coefficient (Wildman–Crippen LogP) is 8.25. The Bertz CT molecular complexity index is 820. The molecular weight excluding hydrogens is 476 g/mol. The Labute approximate surface area is 229 Å². The van der Waals surface area contributed by atoms with E-state index in [1.54, 1.807) is 0 Å². The normalized spacial score (nSPS) is 42.9. The van der Waals surface area contributed by atoms with Crippen molar-refractivity contribution in [2.24, 2.45) is 46.3 Å². The molecule has 4 nitrogen and oxygen atoms in total. The van der Waals surface area contributed by atoms with Crippen LogP contribution < -0.4 is 0 Å². The van der Waals surface area contributed by atoms with E-state index >= 15 is 0 Å².